The highest BCUT2D eigenvalue weighted by Gasteiger charge is 2.28. The summed E-state index contributed by atoms with van der Waals surface area (Å²) in [4.78, 5) is 26.9. The van der Waals surface area contributed by atoms with Gasteiger partial charge >= 0.3 is 11.9 Å². The van der Waals surface area contributed by atoms with Gasteiger partial charge in [0.15, 0.2) is 0 Å². The van der Waals surface area contributed by atoms with Crippen LogP contribution in [0, 0.1) is 5.92 Å². The molecule has 3 aromatic carbocycles. The highest BCUT2D eigenvalue weighted by atomic mass is 16.5. The fraction of sp³-hybridized carbons (Fsp3) is 0.487. The topological polar surface area (TPSA) is 65.1 Å². The van der Waals surface area contributed by atoms with Crippen molar-refractivity contribution in [1.29, 1.82) is 0 Å². The first kappa shape index (κ1) is 34.1. The number of rotatable bonds is 15. The van der Waals surface area contributed by atoms with Crippen LogP contribution in [-0.4, -0.2) is 38.2 Å². The number of hydrogen-bond acceptors (Lipinski definition) is 6. The lowest BCUT2D eigenvalue weighted by molar-refractivity contribution is -0.148. The molecule has 242 valence electrons. The summed E-state index contributed by atoms with van der Waals surface area (Å²) in [5.41, 5.74) is 7.54. The molecule has 1 unspecified atom stereocenters. The fourth-order valence-corrected chi connectivity index (χ4v) is 6.07. The maximum absolute atomic E-state index is 12.5. The van der Waals surface area contributed by atoms with Gasteiger partial charge < -0.3 is 19.1 Å². The second-order valence-corrected chi connectivity index (χ2v) is 12.9. The lowest BCUT2D eigenvalue weighted by Gasteiger charge is -2.32. The Bertz CT molecular complexity index is 1390. The molecule has 0 N–H and O–H groups in total. The molecular weight excluding hydrogens is 562 g/mol. The monoisotopic (exact) mass is 613 g/mol. The van der Waals surface area contributed by atoms with Gasteiger partial charge in [0.2, 0.25) is 0 Å². The van der Waals surface area contributed by atoms with E-state index in [1.54, 1.807) is 0 Å². The van der Waals surface area contributed by atoms with E-state index in [2.05, 4.69) is 86.3 Å². The Hall–Kier alpha value is -3.80. The molecular formula is C39H51NO5. The van der Waals surface area contributed by atoms with Gasteiger partial charge in [-0.05, 0) is 97.7 Å². The summed E-state index contributed by atoms with van der Waals surface area (Å²) in [6.07, 6.45) is 5.29. The van der Waals surface area contributed by atoms with Crippen molar-refractivity contribution in [2.24, 2.45) is 5.92 Å². The number of esters is 2. The zero-order valence-electron chi connectivity index (χ0n) is 27.9. The number of fused-ring (bicyclic) bond motifs is 1. The van der Waals surface area contributed by atoms with Crippen LogP contribution >= 0.6 is 0 Å². The second-order valence-electron chi connectivity index (χ2n) is 12.9. The third-order valence-electron chi connectivity index (χ3n) is 8.62. The Morgan fingerprint density at radius 1 is 0.867 bits per heavy atom. The van der Waals surface area contributed by atoms with E-state index in [0.29, 0.717) is 32.7 Å². The Balaban J connectivity index is 1.47. The van der Waals surface area contributed by atoms with Gasteiger partial charge in [0.25, 0.3) is 0 Å². The molecule has 1 aliphatic rings. The maximum atomic E-state index is 12.5. The number of anilines is 1. The van der Waals surface area contributed by atoms with Crippen LogP contribution in [-0.2, 0) is 50.3 Å². The zero-order chi connectivity index (χ0) is 32.2. The van der Waals surface area contributed by atoms with Crippen molar-refractivity contribution in [2.45, 2.75) is 91.6 Å². The Kier molecular flexibility index (Phi) is 12.5. The highest BCUT2D eigenvalue weighted by Crippen LogP contribution is 2.34. The van der Waals surface area contributed by atoms with Crippen LogP contribution in [0.15, 0.2) is 66.7 Å². The fourth-order valence-electron chi connectivity index (χ4n) is 6.07. The number of hydrogen-bond donors (Lipinski definition) is 0. The van der Waals surface area contributed by atoms with Gasteiger partial charge in [-0.1, -0.05) is 75.4 Å². The van der Waals surface area contributed by atoms with Crippen LogP contribution in [0.25, 0.3) is 0 Å². The van der Waals surface area contributed by atoms with E-state index in [0.717, 1.165) is 56.5 Å². The smallest absolute Gasteiger partial charge is 0.309 e. The minimum absolute atomic E-state index is 0.0839. The number of nitrogens with zero attached hydrogens (tertiary/aromatic N) is 1. The molecule has 0 spiro atoms. The molecule has 0 bridgehead atoms. The number of ether oxygens (including phenoxy) is 3. The van der Waals surface area contributed by atoms with Crippen LogP contribution in [0.1, 0.15) is 88.1 Å². The third kappa shape index (κ3) is 9.84. The Morgan fingerprint density at radius 2 is 1.62 bits per heavy atom. The second kappa shape index (κ2) is 16.5. The Labute approximate surface area is 270 Å². The van der Waals surface area contributed by atoms with Gasteiger partial charge in [0.1, 0.15) is 12.4 Å². The van der Waals surface area contributed by atoms with Gasteiger partial charge in [0.05, 0.1) is 19.1 Å². The molecule has 6 nitrogen and oxygen atoms in total. The van der Waals surface area contributed by atoms with Gasteiger partial charge in [0, 0.05) is 25.2 Å². The molecule has 0 fully saturated rings. The van der Waals surface area contributed by atoms with Gasteiger partial charge in [-0.25, -0.2) is 0 Å². The van der Waals surface area contributed by atoms with Crippen LogP contribution in [0.2, 0.25) is 0 Å². The summed E-state index contributed by atoms with van der Waals surface area (Å²) >= 11 is 0. The minimum Gasteiger partial charge on any atom is -0.489 e. The molecule has 3 aromatic rings. The van der Waals surface area contributed by atoms with Crippen molar-refractivity contribution in [3.8, 4) is 5.75 Å². The number of carbonyl (C=O) groups excluding carboxylic acids is 2. The zero-order valence-corrected chi connectivity index (χ0v) is 27.9. The number of carbonyl (C=O) groups is 2. The molecule has 0 saturated heterocycles. The first-order valence-electron chi connectivity index (χ1n) is 16.7. The molecule has 4 rings (SSSR count). The highest BCUT2D eigenvalue weighted by molar-refractivity contribution is 5.74. The van der Waals surface area contributed by atoms with E-state index in [1.807, 2.05) is 19.9 Å². The minimum atomic E-state index is -0.134. The van der Waals surface area contributed by atoms with E-state index in [4.69, 9.17) is 14.2 Å². The van der Waals surface area contributed by atoms with E-state index < -0.39 is 0 Å². The van der Waals surface area contributed by atoms with Crippen molar-refractivity contribution in [3.05, 3.63) is 94.5 Å². The average molecular weight is 614 g/mol. The van der Waals surface area contributed by atoms with Crippen LogP contribution in [0.3, 0.4) is 0 Å². The van der Waals surface area contributed by atoms with Crippen LogP contribution < -0.4 is 9.64 Å². The maximum Gasteiger partial charge on any atom is 0.309 e. The van der Waals surface area contributed by atoms with Gasteiger partial charge in [-0.15, -0.1) is 0 Å². The molecule has 0 amide bonds. The summed E-state index contributed by atoms with van der Waals surface area (Å²) in [7, 11) is 0. The van der Waals surface area contributed by atoms with E-state index >= 15 is 0 Å². The SMILES string of the molecule is CCOC(=O)CCCCN(CCc1ccccc1OCc1ccc(C(C)(C)C)cc1)c1cccc2c1CCC(C(=O)OCC)C2. The summed E-state index contributed by atoms with van der Waals surface area (Å²) < 4.78 is 16.9. The van der Waals surface area contributed by atoms with Crippen molar-refractivity contribution in [2.75, 3.05) is 31.2 Å². The molecule has 1 aliphatic carbocycles. The Morgan fingerprint density at radius 3 is 2.36 bits per heavy atom. The molecule has 45 heavy (non-hydrogen) atoms. The molecule has 0 aromatic heterocycles. The first-order chi connectivity index (χ1) is 21.7. The number of benzene rings is 3. The first-order valence-corrected chi connectivity index (χ1v) is 16.7. The van der Waals surface area contributed by atoms with Crippen molar-refractivity contribution in [3.63, 3.8) is 0 Å². The average Bonchev–Trinajstić information content (AvgIpc) is 3.03. The molecule has 0 saturated carbocycles. The van der Waals surface area contributed by atoms with Gasteiger partial charge in [-0.2, -0.15) is 0 Å². The standard InChI is InChI=1S/C39H51NO5/c1-6-43-37(41)17-10-11-25-40(35-15-12-14-31-27-32(20-23-34(31)35)38(42)44-7-2)26-24-30-13-8-9-16-36(30)45-28-29-18-21-33(22-19-29)39(3,4)5/h8-9,12-16,18-19,21-22,32H,6-7,10-11,17,20,23-28H2,1-5H3. The van der Waals surface area contributed by atoms with Crippen LogP contribution in [0.4, 0.5) is 5.69 Å². The number of unbranched alkanes of at least 4 members (excludes halogenated alkanes) is 1. The normalized spacial score (nSPS) is 14.4. The molecule has 0 radical (unpaired) electrons. The number of para-hydroxylation sites is 1. The molecule has 1 atom stereocenters. The predicted octanol–water partition coefficient (Wildman–Crippen LogP) is 8.01. The van der Waals surface area contributed by atoms with E-state index in [9.17, 15) is 9.59 Å². The van der Waals surface area contributed by atoms with Crippen molar-refractivity contribution < 1.29 is 23.8 Å². The summed E-state index contributed by atoms with van der Waals surface area (Å²) in [5, 5.41) is 0. The van der Waals surface area contributed by atoms with Crippen molar-refractivity contribution >= 4 is 17.6 Å². The largest absolute Gasteiger partial charge is 0.489 e. The summed E-state index contributed by atoms with van der Waals surface area (Å²) in [6, 6.07) is 23.5. The predicted molar refractivity (Wildman–Crippen MR) is 181 cm³/mol. The molecule has 0 heterocycles. The van der Waals surface area contributed by atoms with Crippen LogP contribution in [0.5, 0.6) is 5.75 Å². The quantitative estimate of drug-likeness (QED) is 0.128. The van der Waals surface area contributed by atoms with E-state index in [-0.39, 0.29) is 23.3 Å². The molecule has 0 aliphatic heterocycles. The van der Waals surface area contributed by atoms with Crippen molar-refractivity contribution in [1.82, 2.24) is 0 Å². The van der Waals surface area contributed by atoms with E-state index in [1.165, 1.54) is 27.9 Å². The summed E-state index contributed by atoms with van der Waals surface area (Å²) in [6.45, 7) is 13.4. The summed E-state index contributed by atoms with van der Waals surface area (Å²) in [5.74, 6) is 0.600. The lowest BCUT2D eigenvalue weighted by atomic mass is 9.83. The van der Waals surface area contributed by atoms with Gasteiger partial charge in [-0.3, -0.25) is 9.59 Å². The molecule has 6 heteroatoms. The third-order valence-corrected chi connectivity index (χ3v) is 8.62. The lowest BCUT2D eigenvalue weighted by Crippen LogP contribution is -2.31.